The van der Waals surface area contributed by atoms with Crippen LogP contribution in [0, 0.1) is 0 Å². The zero-order valence-corrected chi connectivity index (χ0v) is 12.8. The highest BCUT2D eigenvalue weighted by molar-refractivity contribution is 8.93. The molecule has 0 atom stereocenters. The third kappa shape index (κ3) is 3.89. The van der Waals surface area contributed by atoms with Gasteiger partial charge in [0, 0.05) is 24.2 Å². The van der Waals surface area contributed by atoms with Crippen LogP contribution in [0.3, 0.4) is 0 Å². The smallest absolute Gasteiger partial charge is 0.127 e. The van der Waals surface area contributed by atoms with Gasteiger partial charge in [0.05, 0.1) is 14.2 Å². The van der Waals surface area contributed by atoms with Gasteiger partial charge in [0.1, 0.15) is 11.5 Å². The largest absolute Gasteiger partial charge is 0.497 e. The predicted octanol–water partition coefficient (Wildman–Crippen LogP) is 3.31. The summed E-state index contributed by atoms with van der Waals surface area (Å²) >= 11 is 0. The Bertz CT molecular complexity index is 365. The first-order valence-corrected chi connectivity index (χ1v) is 6.28. The SMILES string of the molecule is Br.COc1ccc(CNC2CCCC2)c(OC)c1. The minimum atomic E-state index is 0. The van der Waals surface area contributed by atoms with Crippen molar-refractivity contribution in [3.8, 4) is 11.5 Å². The first kappa shape index (κ1) is 15.3. The molecule has 4 heteroatoms. The van der Waals surface area contributed by atoms with Crippen LogP contribution in [0.5, 0.6) is 11.5 Å². The number of nitrogens with one attached hydrogen (secondary N) is 1. The molecule has 1 aliphatic rings. The van der Waals surface area contributed by atoms with E-state index in [1.807, 2.05) is 12.1 Å². The van der Waals surface area contributed by atoms with Crippen LogP contribution in [0.1, 0.15) is 31.2 Å². The molecule has 0 unspecified atom stereocenters. The Hall–Kier alpha value is -0.740. The molecule has 1 N–H and O–H groups in total. The van der Waals surface area contributed by atoms with Gasteiger partial charge in [0.25, 0.3) is 0 Å². The van der Waals surface area contributed by atoms with Crippen LogP contribution >= 0.6 is 17.0 Å². The maximum atomic E-state index is 5.38. The first-order valence-electron chi connectivity index (χ1n) is 6.28. The number of hydrogen-bond acceptors (Lipinski definition) is 3. The Morgan fingerprint density at radius 1 is 1.17 bits per heavy atom. The van der Waals surface area contributed by atoms with Gasteiger partial charge in [0.15, 0.2) is 0 Å². The summed E-state index contributed by atoms with van der Waals surface area (Å²) in [5.74, 6) is 1.74. The highest BCUT2D eigenvalue weighted by atomic mass is 79.9. The monoisotopic (exact) mass is 315 g/mol. The lowest BCUT2D eigenvalue weighted by Crippen LogP contribution is -2.25. The first-order chi connectivity index (χ1) is 8.33. The summed E-state index contributed by atoms with van der Waals surface area (Å²) in [6, 6.07) is 6.67. The number of ether oxygens (including phenoxy) is 2. The van der Waals surface area contributed by atoms with E-state index in [1.165, 1.54) is 31.2 Å². The van der Waals surface area contributed by atoms with Gasteiger partial charge in [-0.1, -0.05) is 18.9 Å². The van der Waals surface area contributed by atoms with E-state index in [4.69, 9.17) is 9.47 Å². The summed E-state index contributed by atoms with van der Waals surface area (Å²) in [7, 11) is 3.37. The number of rotatable bonds is 5. The van der Waals surface area contributed by atoms with Crippen molar-refractivity contribution in [2.45, 2.75) is 38.3 Å². The zero-order valence-electron chi connectivity index (χ0n) is 11.1. The molecule has 0 saturated heterocycles. The van der Waals surface area contributed by atoms with Crippen LogP contribution in [-0.4, -0.2) is 20.3 Å². The summed E-state index contributed by atoms with van der Waals surface area (Å²) in [5, 5.41) is 3.59. The van der Waals surface area contributed by atoms with Crippen molar-refractivity contribution in [3.63, 3.8) is 0 Å². The highest BCUT2D eigenvalue weighted by Crippen LogP contribution is 2.25. The normalized spacial score (nSPS) is 15.2. The summed E-state index contributed by atoms with van der Waals surface area (Å²) in [6.45, 7) is 0.873. The van der Waals surface area contributed by atoms with E-state index in [0.29, 0.717) is 6.04 Å². The van der Waals surface area contributed by atoms with E-state index in [2.05, 4.69) is 11.4 Å². The van der Waals surface area contributed by atoms with Crippen LogP contribution in [0.15, 0.2) is 18.2 Å². The van der Waals surface area contributed by atoms with Crippen molar-refractivity contribution in [2.24, 2.45) is 0 Å². The van der Waals surface area contributed by atoms with Crippen molar-refractivity contribution >= 4 is 17.0 Å². The molecule has 2 rings (SSSR count). The predicted molar refractivity (Wildman–Crippen MR) is 79.0 cm³/mol. The van der Waals surface area contributed by atoms with Gasteiger partial charge >= 0.3 is 0 Å². The molecule has 18 heavy (non-hydrogen) atoms. The third-order valence-corrected chi connectivity index (χ3v) is 3.43. The molecule has 1 saturated carbocycles. The highest BCUT2D eigenvalue weighted by Gasteiger charge is 2.14. The van der Waals surface area contributed by atoms with Crippen molar-refractivity contribution in [1.82, 2.24) is 5.32 Å². The van der Waals surface area contributed by atoms with E-state index >= 15 is 0 Å². The van der Waals surface area contributed by atoms with Gasteiger partial charge in [-0.15, -0.1) is 17.0 Å². The van der Waals surface area contributed by atoms with Crippen molar-refractivity contribution in [2.75, 3.05) is 14.2 Å². The summed E-state index contributed by atoms with van der Waals surface area (Å²) in [4.78, 5) is 0. The molecule has 0 amide bonds. The average Bonchev–Trinajstić information content (AvgIpc) is 2.89. The Kier molecular flexibility index (Phi) is 6.50. The van der Waals surface area contributed by atoms with E-state index in [9.17, 15) is 0 Å². The fourth-order valence-corrected chi connectivity index (χ4v) is 2.38. The van der Waals surface area contributed by atoms with Gasteiger partial charge in [-0.25, -0.2) is 0 Å². The minimum Gasteiger partial charge on any atom is -0.497 e. The molecule has 0 radical (unpaired) electrons. The fraction of sp³-hybridized carbons (Fsp3) is 0.571. The van der Waals surface area contributed by atoms with Crippen LogP contribution < -0.4 is 14.8 Å². The van der Waals surface area contributed by atoms with Gasteiger partial charge in [-0.2, -0.15) is 0 Å². The van der Waals surface area contributed by atoms with Crippen LogP contribution in [0.2, 0.25) is 0 Å². The van der Waals surface area contributed by atoms with Crippen LogP contribution in [0.25, 0.3) is 0 Å². The molecule has 0 aromatic heterocycles. The molecule has 1 aliphatic carbocycles. The topological polar surface area (TPSA) is 30.5 Å². The van der Waals surface area contributed by atoms with Crippen molar-refractivity contribution in [1.29, 1.82) is 0 Å². The molecular weight excluding hydrogens is 294 g/mol. The van der Waals surface area contributed by atoms with Gasteiger partial charge in [-0.05, 0) is 18.9 Å². The van der Waals surface area contributed by atoms with Crippen LogP contribution in [-0.2, 0) is 6.54 Å². The molecule has 0 spiro atoms. The number of benzene rings is 1. The lowest BCUT2D eigenvalue weighted by molar-refractivity contribution is 0.388. The molecule has 1 aromatic rings. The molecule has 0 heterocycles. The maximum absolute atomic E-state index is 5.38. The Labute approximate surface area is 120 Å². The van der Waals surface area contributed by atoms with E-state index in [0.717, 1.165) is 18.0 Å². The average molecular weight is 316 g/mol. The molecule has 3 nitrogen and oxygen atoms in total. The van der Waals surface area contributed by atoms with Gasteiger partial charge in [-0.3, -0.25) is 0 Å². The maximum Gasteiger partial charge on any atom is 0.127 e. The quantitative estimate of drug-likeness (QED) is 0.904. The molecule has 1 fully saturated rings. The molecule has 102 valence electrons. The standard InChI is InChI=1S/C14H21NO2.BrH/c1-16-13-8-7-11(14(9-13)17-2)10-15-12-5-3-4-6-12;/h7-9,12,15H,3-6,10H2,1-2H3;1H. The van der Waals surface area contributed by atoms with E-state index in [1.54, 1.807) is 14.2 Å². The number of methoxy groups -OCH3 is 2. The summed E-state index contributed by atoms with van der Waals surface area (Å²) in [5.41, 5.74) is 1.19. The fourth-order valence-electron chi connectivity index (χ4n) is 2.38. The van der Waals surface area contributed by atoms with E-state index in [-0.39, 0.29) is 17.0 Å². The Morgan fingerprint density at radius 2 is 1.89 bits per heavy atom. The van der Waals surface area contributed by atoms with Crippen LogP contribution in [0.4, 0.5) is 0 Å². The number of halogens is 1. The Morgan fingerprint density at radius 3 is 2.50 bits per heavy atom. The third-order valence-electron chi connectivity index (χ3n) is 3.43. The lowest BCUT2D eigenvalue weighted by atomic mass is 10.1. The molecule has 1 aromatic carbocycles. The van der Waals surface area contributed by atoms with Gasteiger partial charge in [0.2, 0.25) is 0 Å². The Balaban J connectivity index is 0.00000162. The second-order valence-corrected chi connectivity index (χ2v) is 4.54. The summed E-state index contributed by atoms with van der Waals surface area (Å²) < 4.78 is 10.6. The zero-order chi connectivity index (χ0) is 12.1. The van der Waals surface area contributed by atoms with Gasteiger partial charge < -0.3 is 14.8 Å². The second kappa shape index (κ2) is 7.64. The minimum absolute atomic E-state index is 0. The van der Waals surface area contributed by atoms with Crippen molar-refractivity contribution in [3.05, 3.63) is 23.8 Å². The van der Waals surface area contributed by atoms with E-state index < -0.39 is 0 Å². The summed E-state index contributed by atoms with van der Waals surface area (Å²) in [6.07, 6.45) is 5.33. The second-order valence-electron chi connectivity index (χ2n) is 4.54. The number of hydrogen-bond donors (Lipinski definition) is 1. The van der Waals surface area contributed by atoms with Crippen molar-refractivity contribution < 1.29 is 9.47 Å². The molecular formula is C14H22BrNO2. The lowest BCUT2D eigenvalue weighted by Gasteiger charge is -2.14. The molecule has 0 aliphatic heterocycles. The molecule has 0 bridgehead atoms.